The van der Waals surface area contributed by atoms with Crippen LogP contribution in [0.3, 0.4) is 0 Å². The Balaban J connectivity index is 2.54. The second-order valence-corrected chi connectivity index (χ2v) is 4.71. The molecule has 1 heterocycles. The number of sulfonamides is 1. The van der Waals surface area contributed by atoms with Crippen LogP contribution in [0.4, 0.5) is 0 Å². The molecule has 0 saturated heterocycles. The van der Waals surface area contributed by atoms with Crippen molar-refractivity contribution < 1.29 is 8.42 Å². The SMILES string of the molecule is Cn1nccc1S(=O)(=O)NCCCN=[N+]=[N-]. The van der Waals surface area contributed by atoms with Gasteiger partial charge < -0.3 is 0 Å². The Morgan fingerprint density at radius 3 is 3.00 bits per heavy atom. The lowest BCUT2D eigenvalue weighted by Gasteiger charge is -2.05. The molecule has 0 radical (unpaired) electrons. The highest BCUT2D eigenvalue weighted by Crippen LogP contribution is 2.05. The third-order valence-corrected chi connectivity index (χ3v) is 3.38. The third kappa shape index (κ3) is 3.23. The fraction of sp³-hybridized carbons (Fsp3) is 0.571. The topological polar surface area (TPSA) is 113 Å². The normalized spacial score (nSPS) is 11.1. The van der Waals surface area contributed by atoms with Crippen molar-refractivity contribution in [3.63, 3.8) is 0 Å². The lowest BCUT2D eigenvalue weighted by atomic mass is 10.4. The number of nitrogens with one attached hydrogen (secondary N) is 1. The largest absolute Gasteiger partial charge is 0.257 e. The first-order valence-corrected chi connectivity index (χ1v) is 6.05. The van der Waals surface area contributed by atoms with Crippen LogP contribution in [0.2, 0.25) is 0 Å². The molecule has 16 heavy (non-hydrogen) atoms. The third-order valence-electron chi connectivity index (χ3n) is 1.84. The average Bonchev–Trinajstić information content (AvgIpc) is 2.65. The molecule has 0 aromatic carbocycles. The van der Waals surface area contributed by atoms with E-state index >= 15 is 0 Å². The van der Waals surface area contributed by atoms with Crippen molar-refractivity contribution in [3.05, 3.63) is 22.7 Å². The summed E-state index contributed by atoms with van der Waals surface area (Å²) in [6.07, 6.45) is 1.87. The Morgan fingerprint density at radius 2 is 2.44 bits per heavy atom. The molecule has 0 aliphatic rings. The molecule has 88 valence electrons. The molecule has 0 aliphatic heterocycles. The van der Waals surface area contributed by atoms with E-state index in [1.165, 1.54) is 16.9 Å². The minimum Gasteiger partial charge on any atom is -0.256 e. The second kappa shape index (κ2) is 5.50. The van der Waals surface area contributed by atoms with Crippen molar-refractivity contribution in [2.75, 3.05) is 13.1 Å². The summed E-state index contributed by atoms with van der Waals surface area (Å²) in [4.78, 5) is 2.57. The summed E-state index contributed by atoms with van der Waals surface area (Å²) in [5.74, 6) is 0. The van der Waals surface area contributed by atoms with Gasteiger partial charge in [-0.3, -0.25) is 4.68 Å². The molecule has 0 bridgehead atoms. The summed E-state index contributed by atoms with van der Waals surface area (Å²) in [5.41, 5.74) is 8.02. The zero-order chi connectivity index (χ0) is 12.0. The van der Waals surface area contributed by atoms with Gasteiger partial charge in [0.1, 0.15) is 0 Å². The number of nitrogens with zero attached hydrogens (tertiary/aromatic N) is 5. The van der Waals surface area contributed by atoms with Crippen molar-refractivity contribution in [2.24, 2.45) is 12.2 Å². The lowest BCUT2D eigenvalue weighted by molar-refractivity contribution is 0.561. The van der Waals surface area contributed by atoms with E-state index in [1.54, 1.807) is 7.05 Å². The molecular weight excluding hydrogens is 232 g/mol. The summed E-state index contributed by atoms with van der Waals surface area (Å²) in [6.45, 7) is 0.497. The number of aromatic nitrogens is 2. The van der Waals surface area contributed by atoms with Crippen LogP contribution in [0.25, 0.3) is 10.4 Å². The fourth-order valence-electron chi connectivity index (χ4n) is 1.10. The quantitative estimate of drug-likeness (QED) is 0.338. The van der Waals surface area contributed by atoms with Crippen molar-refractivity contribution in [3.8, 4) is 0 Å². The van der Waals surface area contributed by atoms with E-state index in [0.717, 1.165) is 0 Å². The predicted octanol–water partition coefficient (Wildman–Crippen LogP) is 0.399. The van der Waals surface area contributed by atoms with Crippen LogP contribution >= 0.6 is 0 Å². The van der Waals surface area contributed by atoms with Crippen LogP contribution in [0.5, 0.6) is 0 Å². The molecule has 1 N–H and O–H groups in total. The van der Waals surface area contributed by atoms with Gasteiger partial charge >= 0.3 is 0 Å². The molecule has 9 heteroatoms. The van der Waals surface area contributed by atoms with Gasteiger partial charge in [-0.1, -0.05) is 5.11 Å². The molecule has 1 rings (SSSR count). The van der Waals surface area contributed by atoms with Gasteiger partial charge in [-0.05, 0) is 18.0 Å². The van der Waals surface area contributed by atoms with E-state index in [-0.39, 0.29) is 18.1 Å². The summed E-state index contributed by atoms with van der Waals surface area (Å²) in [6, 6.07) is 1.41. The molecule has 0 spiro atoms. The first kappa shape index (κ1) is 12.5. The molecule has 0 saturated carbocycles. The van der Waals surface area contributed by atoms with E-state index in [9.17, 15) is 8.42 Å². The first-order chi connectivity index (χ1) is 7.58. The summed E-state index contributed by atoms with van der Waals surface area (Å²) in [5, 5.41) is 7.18. The number of rotatable bonds is 6. The standard InChI is InChI=1S/C7H12N6O2S/c1-13-7(3-6-10-13)16(14,15)11-5-2-4-9-12-8/h3,6,11H,2,4-5H2,1H3. The summed E-state index contributed by atoms with van der Waals surface area (Å²) >= 11 is 0. The van der Waals surface area contributed by atoms with Crippen LogP contribution < -0.4 is 4.72 Å². The highest BCUT2D eigenvalue weighted by atomic mass is 32.2. The maximum Gasteiger partial charge on any atom is 0.257 e. The Kier molecular flexibility index (Phi) is 4.29. The van der Waals surface area contributed by atoms with Gasteiger partial charge in [-0.15, -0.1) is 0 Å². The van der Waals surface area contributed by atoms with Crippen LogP contribution in [0, 0.1) is 0 Å². The summed E-state index contributed by atoms with van der Waals surface area (Å²) in [7, 11) is -1.97. The average molecular weight is 244 g/mol. The van der Waals surface area contributed by atoms with E-state index in [0.29, 0.717) is 6.42 Å². The molecule has 8 nitrogen and oxygen atoms in total. The van der Waals surface area contributed by atoms with Crippen LogP contribution in [0.1, 0.15) is 6.42 Å². The highest BCUT2D eigenvalue weighted by molar-refractivity contribution is 7.89. The van der Waals surface area contributed by atoms with E-state index < -0.39 is 10.0 Å². The fourth-order valence-corrected chi connectivity index (χ4v) is 2.30. The maximum atomic E-state index is 11.7. The van der Waals surface area contributed by atoms with E-state index in [1.807, 2.05) is 0 Å². The van der Waals surface area contributed by atoms with Crippen molar-refractivity contribution in [2.45, 2.75) is 11.4 Å². The molecule has 1 aromatic heterocycles. The molecule has 1 aromatic rings. The first-order valence-electron chi connectivity index (χ1n) is 4.56. The summed E-state index contributed by atoms with van der Waals surface area (Å²) < 4.78 is 27.0. The van der Waals surface area contributed by atoms with Gasteiger partial charge in [-0.2, -0.15) is 5.10 Å². The van der Waals surface area contributed by atoms with Crippen molar-refractivity contribution in [1.29, 1.82) is 0 Å². The van der Waals surface area contributed by atoms with Gasteiger partial charge in [0.25, 0.3) is 10.0 Å². The van der Waals surface area contributed by atoms with Crippen LogP contribution in [-0.4, -0.2) is 31.3 Å². The molecular formula is C7H12N6O2S. The maximum absolute atomic E-state index is 11.7. The Labute approximate surface area is 92.9 Å². The second-order valence-electron chi connectivity index (χ2n) is 3.00. The monoisotopic (exact) mass is 244 g/mol. The van der Waals surface area contributed by atoms with Crippen molar-refractivity contribution >= 4 is 10.0 Å². The van der Waals surface area contributed by atoms with Crippen molar-refractivity contribution in [1.82, 2.24) is 14.5 Å². The number of azide groups is 1. The number of hydrogen-bond acceptors (Lipinski definition) is 4. The minimum absolute atomic E-state index is 0.108. The van der Waals surface area contributed by atoms with Gasteiger partial charge in [0.05, 0.1) is 6.20 Å². The van der Waals surface area contributed by atoms with E-state index in [2.05, 4.69) is 19.8 Å². The van der Waals surface area contributed by atoms with E-state index in [4.69, 9.17) is 5.53 Å². The Hall–Kier alpha value is -1.57. The molecule has 0 aliphatic carbocycles. The smallest absolute Gasteiger partial charge is 0.256 e. The van der Waals surface area contributed by atoms with Gasteiger partial charge in [0, 0.05) is 25.0 Å². The molecule has 0 amide bonds. The van der Waals surface area contributed by atoms with Crippen LogP contribution in [0.15, 0.2) is 22.4 Å². The van der Waals surface area contributed by atoms with Crippen LogP contribution in [-0.2, 0) is 17.1 Å². The highest BCUT2D eigenvalue weighted by Gasteiger charge is 2.16. The zero-order valence-corrected chi connectivity index (χ0v) is 9.55. The molecule has 0 atom stereocenters. The predicted molar refractivity (Wildman–Crippen MR) is 57.0 cm³/mol. The van der Waals surface area contributed by atoms with Gasteiger partial charge in [-0.25, -0.2) is 13.1 Å². The number of aryl methyl sites for hydroxylation is 1. The molecule has 0 unspecified atom stereocenters. The zero-order valence-electron chi connectivity index (χ0n) is 8.74. The Morgan fingerprint density at radius 1 is 1.69 bits per heavy atom. The molecule has 0 fully saturated rings. The van der Waals surface area contributed by atoms with Gasteiger partial charge in [0.2, 0.25) is 0 Å². The van der Waals surface area contributed by atoms with Gasteiger partial charge in [0.15, 0.2) is 5.03 Å². The minimum atomic E-state index is -3.52. The number of hydrogen-bond donors (Lipinski definition) is 1. The Bertz CT molecular complexity index is 487. The lowest BCUT2D eigenvalue weighted by Crippen LogP contribution is -2.27.